The summed E-state index contributed by atoms with van der Waals surface area (Å²) in [4.78, 5) is 0. The number of aryl methyl sites for hydroxylation is 1. The second-order valence-corrected chi connectivity index (χ2v) is 4.94. The minimum Gasteiger partial charge on any atom is -0.381 e. The van der Waals surface area contributed by atoms with E-state index in [9.17, 15) is 0 Å². The Morgan fingerprint density at radius 2 is 1.89 bits per heavy atom. The maximum absolute atomic E-state index is 6.04. The van der Waals surface area contributed by atoms with E-state index < -0.39 is 0 Å². The van der Waals surface area contributed by atoms with Gasteiger partial charge in [0.25, 0.3) is 0 Å². The van der Waals surface area contributed by atoms with Gasteiger partial charge in [0.2, 0.25) is 0 Å². The van der Waals surface area contributed by atoms with Crippen LogP contribution in [0.5, 0.6) is 0 Å². The van der Waals surface area contributed by atoms with Crippen LogP contribution in [0.25, 0.3) is 0 Å². The molecule has 2 rings (SSSR count). The molecule has 2 N–H and O–H groups in total. The summed E-state index contributed by atoms with van der Waals surface area (Å²) < 4.78 is 11.4. The summed E-state index contributed by atoms with van der Waals surface area (Å²) in [5.74, 6) is 0. The molecular weight excluding hydrogens is 226 g/mol. The summed E-state index contributed by atoms with van der Waals surface area (Å²) in [6.07, 6.45) is 3.97. The molecule has 1 fully saturated rings. The van der Waals surface area contributed by atoms with Crippen molar-refractivity contribution in [2.24, 2.45) is 5.73 Å². The zero-order valence-corrected chi connectivity index (χ0v) is 10.9. The lowest BCUT2D eigenvalue weighted by Gasteiger charge is -2.36. The molecule has 3 heteroatoms. The van der Waals surface area contributed by atoms with E-state index in [2.05, 4.69) is 24.3 Å². The van der Waals surface area contributed by atoms with Crippen LogP contribution in [0.2, 0.25) is 0 Å². The standard InChI is InChI=1S/C15H23NO2/c16-13-15(8-11-17-12-9-15)18-10-4-7-14-5-2-1-3-6-14/h1-3,5-6H,4,7-13,16H2. The summed E-state index contributed by atoms with van der Waals surface area (Å²) >= 11 is 0. The first-order chi connectivity index (χ1) is 8.85. The number of rotatable bonds is 6. The summed E-state index contributed by atoms with van der Waals surface area (Å²) in [5, 5.41) is 0. The Kier molecular flexibility index (Phi) is 5.17. The van der Waals surface area contributed by atoms with Crippen LogP contribution in [0.15, 0.2) is 30.3 Å². The van der Waals surface area contributed by atoms with Crippen LogP contribution in [0, 0.1) is 0 Å². The van der Waals surface area contributed by atoms with Gasteiger partial charge in [0.1, 0.15) is 0 Å². The van der Waals surface area contributed by atoms with Crippen LogP contribution < -0.4 is 5.73 Å². The van der Waals surface area contributed by atoms with Crippen LogP contribution in [0.1, 0.15) is 24.8 Å². The predicted molar refractivity (Wildman–Crippen MR) is 72.6 cm³/mol. The Bertz CT molecular complexity index is 334. The van der Waals surface area contributed by atoms with Crippen LogP contribution in [-0.4, -0.2) is 32.0 Å². The van der Waals surface area contributed by atoms with Gasteiger partial charge >= 0.3 is 0 Å². The number of hydrogen-bond acceptors (Lipinski definition) is 3. The summed E-state index contributed by atoms with van der Waals surface area (Å²) in [7, 11) is 0. The lowest BCUT2D eigenvalue weighted by molar-refractivity contribution is -0.105. The minimum atomic E-state index is -0.130. The van der Waals surface area contributed by atoms with Crippen LogP contribution in [0.4, 0.5) is 0 Å². The fourth-order valence-corrected chi connectivity index (χ4v) is 2.36. The van der Waals surface area contributed by atoms with E-state index >= 15 is 0 Å². The molecular formula is C15H23NO2. The molecule has 0 bridgehead atoms. The highest BCUT2D eigenvalue weighted by Crippen LogP contribution is 2.24. The molecule has 1 aliphatic rings. The van der Waals surface area contributed by atoms with E-state index in [1.165, 1.54) is 5.56 Å². The lowest BCUT2D eigenvalue weighted by Crippen LogP contribution is -2.45. The number of hydrogen-bond donors (Lipinski definition) is 1. The van der Waals surface area contributed by atoms with Crippen molar-refractivity contribution in [3.63, 3.8) is 0 Å². The zero-order valence-electron chi connectivity index (χ0n) is 10.9. The van der Waals surface area contributed by atoms with Gasteiger partial charge < -0.3 is 15.2 Å². The first kappa shape index (κ1) is 13.5. The highest BCUT2D eigenvalue weighted by Gasteiger charge is 2.31. The van der Waals surface area contributed by atoms with Gasteiger partial charge in [0, 0.05) is 39.2 Å². The average molecular weight is 249 g/mol. The second-order valence-electron chi connectivity index (χ2n) is 4.94. The van der Waals surface area contributed by atoms with Crippen LogP contribution in [-0.2, 0) is 15.9 Å². The third kappa shape index (κ3) is 3.80. The van der Waals surface area contributed by atoms with Crippen molar-refractivity contribution in [3.05, 3.63) is 35.9 Å². The van der Waals surface area contributed by atoms with Gasteiger partial charge in [-0.2, -0.15) is 0 Å². The molecule has 0 saturated carbocycles. The van der Waals surface area contributed by atoms with E-state index in [0.29, 0.717) is 6.54 Å². The van der Waals surface area contributed by atoms with E-state index in [0.717, 1.165) is 45.5 Å². The van der Waals surface area contributed by atoms with Crippen molar-refractivity contribution < 1.29 is 9.47 Å². The number of ether oxygens (including phenoxy) is 2. The molecule has 1 heterocycles. The fourth-order valence-electron chi connectivity index (χ4n) is 2.36. The monoisotopic (exact) mass is 249 g/mol. The van der Waals surface area contributed by atoms with Gasteiger partial charge in [-0.25, -0.2) is 0 Å². The Morgan fingerprint density at radius 3 is 2.56 bits per heavy atom. The van der Waals surface area contributed by atoms with Crippen molar-refractivity contribution in [2.45, 2.75) is 31.3 Å². The van der Waals surface area contributed by atoms with Crippen molar-refractivity contribution >= 4 is 0 Å². The summed E-state index contributed by atoms with van der Waals surface area (Å²) in [5.41, 5.74) is 7.09. The molecule has 0 unspecified atom stereocenters. The molecule has 1 aliphatic heterocycles. The van der Waals surface area contributed by atoms with Crippen molar-refractivity contribution in [1.82, 2.24) is 0 Å². The maximum Gasteiger partial charge on any atom is 0.0847 e. The van der Waals surface area contributed by atoms with E-state index in [1.807, 2.05) is 6.07 Å². The first-order valence-corrected chi connectivity index (χ1v) is 6.80. The van der Waals surface area contributed by atoms with Crippen molar-refractivity contribution in [1.29, 1.82) is 0 Å². The SMILES string of the molecule is NCC1(OCCCc2ccccc2)CCOCC1. The molecule has 0 radical (unpaired) electrons. The van der Waals surface area contributed by atoms with E-state index in [4.69, 9.17) is 15.2 Å². The highest BCUT2D eigenvalue weighted by molar-refractivity contribution is 5.14. The van der Waals surface area contributed by atoms with E-state index in [1.54, 1.807) is 0 Å². The molecule has 1 aromatic rings. The largest absolute Gasteiger partial charge is 0.381 e. The van der Waals surface area contributed by atoms with Crippen molar-refractivity contribution in [2.75, 3.05) is 26.4 Å². The normalized spacial score (nSPS) is 18.7. The molecule has 3 nitrogen and oxygen atoms in total. The third-order valence-electron chi connectivity index (χ3n) is 3.64. The number of benzene rings is 1. The minimum absolute atomic E-state index is 0.130. The predicted octanol–water partition coefficient (Wildman–Crippen LogP) is 2.14. The molecule has 0 atom stereocenters. The Morgan fingerprint density at radius 1 is 1.17 bits per heavy atom. The summed E-state index contributed by atoms with van der Waals surface area (Å²) in [6.45, 7) is 2.93. The smallest absolute Gasteiger partial charge is 0.0847 e. The van der Waals surface area contributed by atoms with Gasteiger partial charge in [-0.3, -0.25) is 0 Å². The molecule has 0 spiro atoms. The molecule has 1 saturated heterocycles. The third-order valence-corrected chi connectivity index (χ3v) is 3.64. The van der Waals surface area contributed by atoms with Crippen LogP contribution in [0.3, 0.4) is 0 Å². The molecule has 100 valence electrons. The molecule has 1 aromatic carbocycles. The Labute approximate surface area is 109 Å². The van der Waals surface area contributed by atoms with Crippen molar-refractivity contribution in [3.8, 4) is 0 Å². The molecule has 0 amide bonds. The average Bonchev–Trinajstić information content (AvgIpc) is 2.46. The zero-order chi connectivity index (χ0) is 12.7. The van der Waals surface area contributed by atoms with Gasteiger partial charge in [-0.05, 0) is 18.4 Å². The van der Waals surface area contributed by atoms with Gasteiger partial charge in [-0.15, -0.1) is 0 Å². The second kappa shape index (κ2) is 6.88. The van der Waals surface area contributed by atoms with Gasteiger partial charge in [0.05, 0.1) is 5.60 Å². The topological polar surface area (TPSA) is 44.5 Å². The first-order valence-electron chi connectivity index (χ1n) is 6.80. The van der Waals surface area contributed by atoms with Crippen LogP contribution >= 0.6 is 0 Å². The molecule has 18 heavy (non-hydrogen) atoms. The van der Waals surface area contributed by atoms with Gasteiger partial charge in [0.15, 0.2) is 0 Å². The Balaban J connectivity index is 1.71. The molecule has 0 aromatic heterocycles. The number of nitrogens with two attached hydrogens (primary N) is 1. The van der Waals surface area contributed by atoms with E-state index in [-0.39, 0.29) is 5.60 Å². The quantitative estimate of drug-likeness (QED) is 0.786. The highest BCUT2D eigenvalue weighted by atomic mass is 16.5. The molecule has 0 aliphatic carbocycles. The summed E-state index contributed by atoms with van der Waals surface area (Å²) in [6, 6.07) is 10.5. The Hall–Kier alpha value is -0.900. The van der Waals surface area contributed by atoms with Gasteiger partial charge in [-0.1, -0.05) is 30.3 Å². The fraction of sp³-hybridized carbons (Fsp3) is 0.600. The lowest BCUT2D eigenvalue weighted by atomic mass is 9.94. The maximum atomic E-state index is 6.04.